The van der Waals surface area contributed by atoms with E-state index in [2.05, 4.69) is 33.1 Å². The molecule has 4 N–H and O–H groups in total. The highest BCUT2D eigenvalue weighted by Crippen LogP contribution is 2.30. The second-order valence-electron chi connectivity index (χ2n) is 6.58. The van der Waals surface area contributed by atoms with Crippen molar-refractivity contribution in [2.24, 2.45) is 5.73 Å². The van der Waals surface area contributed by atoms with Gasteiger partial charge in [0.1, 0.15) is 11.5 Å². The molecule has 0 bridgehead atoms. The molecule has 0 saturated carbocycles. The van der Waals surface area contributed by atoms with Crippen molar-refractivity contribution in [1.29, 1.82) is 5.41 Å². The van der Waals surface area contributed by atoms with Gasteiger partial charge in [0.05, 0.1) is 23.1 Å². The van der Waals surface area contributed by atoms with E-state index >= 15 is 0 Å². The number of H-pyrrole nitrogens is 1. The predicted molar refractivity (Wildman–Crippen MR) is 104 cm³/mol. The molecule has 1 aliphatic rings. The molecule has 0 amide bonds. The van der Waals surface area contributed by atoms with E-state index in [-0.39, 0.29) is 6.04 Å². The zero-order valence-electron chi connectivity index (χ0n) is 14.8. The van der Waals surface area contributed by atoms with Gasteiger partial charge in [0.25, 0.3) is 0 Å². The van der Waals surface area contributed by atoms with Gasteiger partial charge in [-0.3, -0.25) is 10.1 Å². The van der Waals surface area contributed by atoms with E-state index in [0.717, 1.165) is 58.0 Å². The van der Waals surface area contributed by atoms with Gasteiger partial charge < -0.3 is 16.0 Å². The lowest BCUT2D eigenvalue weighted by molar-refractivity contribution is 0.513. The summed E-state index contributed by atoms with van der Waals surface area (Å²) in [6.45, 7) is 5.62. The summed E-state index contributed by atoms with van der Waals surface area (Å²) in [5.41, 5.74) is 11.0. The molecule has 0 aromatic carbocycles. The van der Waals surface area contributed by atoms with E-state index in [0.29, 0.717) is 0 Å². The Morgan fingerprint density at radius 2 is 2.19 bits per heavy atom. The molecule has 0 unspecified atom stereocenters. The third-order valence-corrected chi connectivity index (χ3v) is 4.73. The third kappa shape index (κ3) is 2.66. The smallest absolute Gasteiger partial charge is 0.132 e. The molecule has 7 heteroatoms. The number of nitrogens with two attached hydrogens (primary N) is 1. The summed E-state index contributed by atoms with van der Waals surface area (Å²) in [5, 5.41) is 16.0. The van der Waals surface area contributed by atoms with Crippen molar-refractivity contribution in [3.8, 4) is 11.4 Å². The maximum atomic E-state index is 7.54. The maximum absolute atomic E-state index is 7.54. The molecule has 4 rings (SSSR count). The highest BCUT2D eigenvalue weighted by Gasteiger charge is 2.26. The third-order valence-electron chi connectivity index (χ3n) is 4.73. The lowest BCUT2D eigenvalue weighted by Crippen LogP contribution is -2.56. The van der Waals surface area contributed by atoms with E-state index in [9.17, 15) is 0 Å². The van der Waals surface area contributed by atoms with E-state index in [1.54, 1.807) is 6.20 Å². The van der Waals surface area contributed by atoms with E-state index in [1.165, 1.54) is 6.21 Å². The highest BCUT2D eigenvalue weighted by molar-refractivity contribution is 6.08. The molecule has 0 aliphatic carbocycles. The van der Waals surface area contributed by atoms with Crippen LogP contribution in [-0.2, 0) is 0 Å². The molecular formula is C19H21N7. The normalized spacial score (nSPS) is 15.3. The van der Waals surface area contributed by atoms with E-state index in [4.69, 9.17) is 16.1 Å². The summed E-state index contributed by atoms with van der Waals surface area (Å²) in [5.74, 6) is 0.961. The Bertz CT molecular complexity index is 1010. The van der Waals surface area contributed by atoms with Crippen LogP contribution in [0.5, 0.6) is 0 Å². The Hall–Kier alpha value is -3.06. The van der Waals surface area contributed by atoms with Crippen LogP contribution in [0.2, 0.25) is 0 Å². The summed E-state index contributed by atoms with van der Waals surface area (Å²) in [7, 11) is 0. The van der Waals surface area contributed by atoms with Gasteiger partial charge in [0.2, 0.25) is 0 Å². The Balaban J connectivity index is 1.80. The van der Waals surface area contributed by atoms with Crippen molar-refractivity contribution in [2.45, 2.75) is 19.9 Å². The quantitative estimate of drug-likeness (QED) is 0.629. The topological polar surface area (TPSA) is 108 Å². The summed E-state index contributed by atoms with van der Waals surface area (Å²) >= 11 is 0. The first kappa shape index (κ1) is 16.4. The van der Waals surface area contributed by atoms with Crippen LogP contribution < -0.4 is 10.6 Å². The van der Waals surface area contributed by atoms with Crippen molar-refractivity contribution in [2.75, 3.05) is 18.0 Å². The van der Waals surface area contributed by atoms with E-state index in [1.807, 2.05) is 25.1 Å². The molecule has 26 heavy (non-hydrogen) atoms. The van der Waals surface area contributed by atoms with Gasteiger partial charge in [0, 0.05) is 36.3 Å². The molecular weight excluding hydrogens is 326 g/mol. The van der Waals surface area contributed by atoms with Gasteiger partial charge in [0.15, 0.2) is 0 Å². The molecule has 1 fully saturated rings. The fourth-order valence-electron chi connectivity index (χ4n) is 3.23. The molecule has 0 atom stereocenters. The van der Waals surface area contributed by atoms with Crippen LogP contribution in [0.25, 0.3) is 27.9 Å². The van der Waals surface area contributed by atoms with Crippen molar-refractivity contribution < 1.29 is 0 Å². The van der Waals surface area contributed by atoms with Crippen LogP contribution in [0.3, 0.4) is 0 Å². The Morgan fingerprint density at radius 3 is 2.88 bits per heavy atom. The monoisotopic (exact) mass is 347 g/mol. The minimum absolute atomic E-state index is 0.222. The van der Waals surface area contributed by atoms with Crippen molar-refractivity contribution in [3.05, 3.63) is 41.7 Å². The van der Waals surface area contributed by atoms with Gasteiger partial charge in [-0.05, 0) is 31.5 Å². The standard InChI is InChI=1S/C19H21N7/c1-3-12(7-20)16-6-14-17(8-22-16)24-25-18(14)15-5-4-11(2)19(23-15)26-9-13(21)10-26/h3-8,13,20H,9-10,21H2,1-2H3,(H,24,25)/b12-3+,20-7?. The lowest BCUT2D eigenvalue weighted by Gasteiger charge is -2.38. The van der Waals surface area contributed by atoms with Crippen LogP contribution in [0.15, 0.2) is 30.5 Å². The van der Waals surface area contributed by atoms with Crippen LogP contribution in [0, 0.1) is 12.3 Å². The zero-order chi connectivity index (χ0) is 18.3. The summed E-state index contributed by atoms with van der Waals surface area (Å²) in [6, 6.07) is 6.23. The number of hydrogen-bond acceptors (Lipinski definition) is 6. The Kier molecular flexibility index (Phi) is 4.00. The van der Waals surface area contributed by atoms with Gasteiger partial charge >= 0.3 is 0 Å². The SMILES string of the molecule is C/C=C(\C=N)c1cc2c(-c3ccc(C)c(N4CC(N)C4)n3)n[nH]c2cn1. The molecule has 0 radical (unpaired) electrons. The van der Waals surface area contributed by atoms with Crippen LogP contribution in [-0.4, -0.2) is 45.5 Å². The van der Waals surface area contributed by atoms with Crippen LogP contribution in [0.4, 0.5) is 5.82 Å². The number of nitrogens with one attached hydrogen (secondary N) is 2. The number of aromatic nitrogens is 4. The number of rotatable bonds is 4. The lowest BCUT2D eigenvalue weighted by atomic mass is 10.1. The molecule has 7 nitrogen and oxygen atoms in total. The maximum Gasteiger partial charge on any atom is 0.132 e. The number of aromatic amines is 1. The largest absolute Gasteiger partial charge is 0.353 e. The first-order valence-electron chi connectivity index (χ1n) is 8.60. The minimum Gasteiger partial charge on any atom is -0.353 e. The molecule has 1 saturated heterocycles. The Morgan fingerprint density at radius 1 is 1.38 bits per heavy atom. The molecule has 4 heterocycles. The second kappa shape index (κ2) is 6.34. The fraction of sp³-hybridized carbons (Fsp3) is 0.263. The number of pyridine rings is 2. The summed E-state index contributed by atoms with van der Waals surface area (Å²) in [6.07, 6.45) is 4.93. The first-order chi connectivity index (χ1) is 12.6. The number of fused-ring (bicyclic) bond motifs is 1. The second-order valence-corrected chi connectivity index (χ2v) is 6.58. The number of nitrogens with zero attached hydrogens (tertiary/aromatic N) is 4. The Labute approximate surface area is 151 Å². The molecule has 3 aromatic rings. The fourth-order valence-corrected chi connectivity index (χ4v) is 3.23. The first-order valence-corrected chi connectivity index (χ1v) is 8.60. The van der Waals surface area contributed by atoms with Gasteiger partial charge in [-0.15, -0.1) is 0 Å². The zero-order valence-corrected chi connectivity index (χ0v) is 14.8. The number of anilines is 1. The molecule has 0 spiro atoms. The van der Waals surface area contributed by atoms with Crippen LogP contribution in [0.1, 0.15) is 18.2 Å². The van der Waals surface area contributed by atoms with Crippen LogP contribution >= 0.6 is 0 Å². The molecule has 1 aliphatic heterocycles. The van der Waals surface area contributed by atoms with Gasteiger partial charge in [-0.2, -0.15) is 5.10 Å². The summed E-state index contributed by atoms with van der Waals surface area (Å²) in [4.78, 5) is 11.5. The molecule has 132 valence electrons. The van der Waals surface area contributed by atoms with Crippen molar-refractivity contribution >= 4 is 28.5 Å². The predicted octanol–water partition coefficient (Wildman–Crippen LogP) is 2.53. The van der Waals surface area contributed by atoms with Gasteiger partial charge in [-0.1, -0.05) is 12.1 Å². The van der Waals surface area contributed by atoms with E-state index < -0.39 is 0 Å². The molecule has 3 aromatic heterocycles. The number of aryl methyl sites for hydroxylation is 1. The average molecular weight is 347 g/mol. The van der Waals surface area contributed by atoms with Crippen molar-refractivity contribution in [1.82, 2.24) is 20.2 Å². The van der Waals surface area contributed by atoms with Gasteiger partial charge in [-0.25, -0.2) is 4.98 Å². The number of allylic oxidation sites excluding steroid dienone is 2. The highest BCUT2D eigenvalue weighted by atomic mass is 15.3. The number of hydrogen-bond donors (Lipinski definition) is 3. The average Bonchev–Trinajstić information content (AvgIpc) is 3.04. The summed E-state index contributed by atoms with van der Waals surface area (Å²) < 4.78 is 0. The van der Waals surface area contributed by atoms with Crippen molar-refractivity contribution in [3.63, 3.8) is 0 Å². The minimum atomic E-state index is 0.222.